The van der Waals surface area contributed by atoms with Gasteiger partial charge < -0.3 is 26.1 Å². The molecule has 2 aliphatic rings. The topological polar surface area (TPSA) is 153 Å². The zero-order valence-corrected chi connectivity index (χ0v) is 20.8. The highest BCUT2D eigenvalue weighted by Gasteiger charge is 2.35. The van der Waals surface area contributed by atoms with Gasteiger partial charge in [0, 0.05) is 31.6 Å². The van der Waals surface area contributed by atoms with Crippen molar-refractivity contribution in [3.63, 3.8) is 0 Å². The fourth-order valence-electron chi connectivity index (χ4n) is 4.96. The Morgan fingerprint density at radius 1 is 0.944 bits per heavy atom. The van der Waals surface area contributed by atoms with Crippen LogP contribution in [0.1, 0.15) is 18.4 Å². The van der Waals surface area contributed by atoms with Crippen molar-refractivity contribution in [1.82, 2.24) is 9.80 Å². The van der Waals surface area contributed by atoms with Gasteiger partial charge >= 0.3 is 0 Å². The molecule has 4 rings (SSSR count). The number of hydrogen-bond donors (Lipinski definition) is 3. The average molecular weight is 503 g/mol. The molecular weight excluding hydrogens is 464 g/mol. The minimum absolute atomic E-state index is 0.151. The van der Waals surface area contributed by atoms with E-state index in [2.05, 4.69) is 57.3 Å². The molecule has 0 amide bonds. The second kappa shape index (κ2) is 13.9. The molecule has 2 saturated heterocycles. The van der Waals surface area contributed by atoms with E-state index in [0.717, 1.165) is 78.5 Å². The first-order chi connectivity index (χ1) is 17.4. The Hall–Kier alpha value is -2.99. The van der Waals surface area contributed by atoms with Crippen molar-refractivity contribution in [1.29, 1.82) is 0 Å². The Morgan fingerprint density at radius 3 is 1.97 bits per heavy atom. The Labute approximate surface area is 211 Å². The van der Waals surface area contributed by atoms with E-state index in [4.69, 9.17) is 36.3 Å². The van der Waals surface area contributed by atoms with E-state index in [9.17, 15) is 0 Å². The van der Waals surface area contributed by atoms with Crippen molar-refractivity contribution >= 4 is 16.7 Å². The molecule has 0 radical (unpaired) electrons. The predicted molar refractivity (Wildman–Crippen MR) is 139 cm³/mol. The number of hydrogen-bond acceptors (Lipinski definition) is 7. The summed E-state index contributed by atoms with van der Waals surface area (Å²) in [7, 11) is 0. The molecule has 11 nitrogen and oxygen atoms in total. The van der Waals surface area contributed by atoms with Crippen molar-refractivity contribution in [3.05, 3.63) is 58.1 Å². The second-order valence-corrected chi connectivity index (χ2v) is 9.19. The third-order valence-electron chi connectivity index (χ3n) is 6.95. The highest BCUT2D eigenvalue weighted by Crippen LogP contribution is 2.38. The van der Waals surface area contributed by atoms with Gasteiger partial charge in [-0.3, -0.25) is 14.8 Å². The first-order valence-corrected chi connectivity index (χ1v) is 12.4. The Balaban J connectivity index is 0.000000840. The molecule has 0 saturated carbocycles. The Kier molecular flexibility index (Phi) is 10.7. The average Bonchev–Trinajstić information content (AvgIpc) is 2.89. The number of nitrogens with two attached hydrogens (primary N) is 2. The van der Waals surface area contributed by atoms with Gasteiger partial charge in [-0.25, -0.2) is 0 Å². The molecule has 11 heteroatoms. The molecule has 0 aromatic heterocycles. The van der Waals surface area contributed by atoms with Crippen LogP contribution >= 0.6 is 0 Å². The van der Waals surface area contributed by atoms with Gasteiger partial charge in [-0.1, -0.05) is 42.5 Å². The number of rotatable bonds is 9. The summed E-state index contributed by atoms with van der Waals surface area (Å²) < 4.78 is 11.1. The number of fused-ring (bicyclic) bond motifs is 1. The van der Waals surface area contributed by atoms with Gasteiger partial charge in [0.15, 0.2) is 5.96 Å². The van der Waals surface area contributed by atoms with Gasteiger partial charge in [0.2, 0.25) is 0 Å². The molecule has 2 aliphatic heterocycles. The number of benzene rings is 2. The van der Waals surface area contributed by atoms with Crippen LogP contribution in [-0.4, -0.2) is 98.3 Å². The molecule has 198 valence electrons. The minimum Gasteiger partial charge on any atom is -0.379 e. The lowest BCUT2D eigenvalue weighted by Crippen LogP contribution is -2.44. The molecule has 0 bridgehead atoms. The monoisotopic (exact) mass is 502 g/mol. The lowest BCUT2D eigenvalue weighted by atomic mass is 9.72. The molecule has 36 heavy (non-hydrogen) atoms. The smallest absolute Gasteiger partial charge is 0.291 e. The maximum absolute atomic E-state index is 8.36. The van der Waals surface area contributed by atoms with Gasteiger partial charge in [-0.15, -0.1) is 10.1 Å². The molecule has 2 aromatic rings. The summed E-state index contributed by atoms with van der Waals surface area (Å²) in [5, 5.41) is 16.2. The Morgan fingerprint density at radius 2 is 1.44 bits per heavy atom. The lowest BCUT2D eigenvalue weighted by Gasteiger charge is -2.39. The summed E-state index contributed by atoms with van der Waals surface area (Å²) in [6.07, 6.45) is 2.00. The zero-order chi connectivity index (χ0) is 25.8. The third-order valence-corrected chi connectivity index (χ3v) is 6.95. The number of guanidine groups is 1. The van der Waals surface area contributed by atoms with Gasteiger partial charge in [0.05, 0.1) is 33.0 Å². The maximum Gasteiger partial charge on any atom is 0.291 e. The van der Waals surface area contributed by atoms with E-state index in [1.165, 1.54) is 16.3 Å². The molecular formula is C25H38N6O5. The van der Waals surface area contributed by atoms with Crippen LogP contribution in [0.4, 0.5) is 0 Å². The predicted octanol–water partition coefficient (Wildman–Crippen LogP) is 1.45. The van der Waals surface area contributed by atoms with Gasteiger partial charge in [-0.2, -0.15) is 0 Å². The van der Waals surface area contributed by atoms with Crippen LogP contribution in [0, 0.1) is 10.1 Å². The van der Waals surface area contributed by atoms with E-state index >= 15 is 0 Å². The van der Waals surface area contributed by atoms with Crippen LogP contribution in [0.3, 0.4) is 0 Å². The van der Waals surface area contributed by atoms with Gasteiger partial charge in [-0.05, 0) is 42.3 Å². The molecule has 2 aromatic carbocycles. The van der Waals surface area contributed by atoms with Crippen LogP contribution in [0.15, 0.2) is 47.5 Å². The van der Waals surface area contributed by atoms with Crippen molar-refractivity contribution < 1.29 is 19.8 Å². The van der Waals surface area contributed by atoms with Crippen molar-refractivity contribution in [2.24, 2.45) is 16.5 Å². The van der Waals surface area contributed by atoms with Crippen molar-refractivity contribution in [3.8, 4) is 0 Å². The number of aliphatic imine (C=N–C) groups is 1. The lowest BCUT2D eigenvalue weighted by molar-refractivity contribution is -0.742. The highest BCUT2D eigenvalue weighted by molar-refractivity contribution is 5.86. The van der Waals surface area contributed by atoms with E-state index in [0.29, 0.717) is 6.54 Å². The van der Waals surface area contributed by atoms with Crippen LogP contribution in [0.2, 0.25) is 0 Å². The van der Waals surface area contributed by atoms with E-state index < -0.39 is 5.09 Å². The molecule has 0 aliphatic carbocycles. The molecule has 0 unspecified atom stereocenters. The number of nitrogens with zero attached hydrogens (tertiary/aromatic N) is 4. The summed E-state index contributed by atoms with van der Waals surface area (Å²) in [4.78, 5) is 18.0. The number of morpholine rings is 2. The molecule has 0 spiro atoms. The second-order valence-electron chi connectivity index (χ2n) is 9.19. The van der Waals surface area contributed by atoms with Crippen molar-refractivity contribution in [2.75, 3.05) is 72.2 Å². The zero-order valence-electron chi connectivity index (χ0n) is 20.8. The summed E-state index contributed by atoms with van der Waals surface area (Å²) in [5.41, 5.74) is 12.9. The molecule has 2 heterocycles. The van der Waals surface area contributed by atoms with Crippen LogP contribution in [0.5, 0.6) is 0 Å². The summed E-state index contributed by atoms with van der Waals surface area (Å²) in [5.74, 6) is 0.160. The highest BCUT2D eigenvalue weighted by atomic mass is 16.9. The summed E-state index contributed by atoms with van der Waals surface area (Å²) in [6, 6.07) is 15.3. The first-order valence-electron chi connectivity index (χ1n) is 12.4. The Bertz CT molecular complexity index is 957. The summed E-state index contributed by atoms with van der Waals surface area (Å²) >= 11 is 0. The fraction of sp³-hybridized carbons (Fsp3) is 0.560. The standard InChI is InChI=1S/C25H37N5O2.HNO3/c26-24(27)28-20-25(8-10-29-12-16-31-17-13-29,9-11-30-14-18-32-19-15-30)23-7-3-5-21-4-1-2-6-22(21)23;2-1(3)4/h1-7H,8-20H2,(H4,26,27,28);(H,2,3,4). The van der Waals surface area contributed by atoms with Crippen molar-refractivity contribution in [2.45, 2.75) is 18.3 Å². The quantitative estimate of drug-likeness (QED) is 0.200. The van der Waals surface area contributed by atoms with Crippen LogP contribution < -0.4 is 11.5 Å². The largest absolute Gasteiger partial charge is 0.379 e. The maximum atomic E-state index is 8.36. The number of ether oxygens (including phenoxy) is 2. The fourth-order valence-corrected chi connectivity index (χ4v) is 4.96. The normalized spacial score (nSPS) is 17.2. The van der Waals surface area contributed by atoms with Gasteiger partial charge in [0.1, 0.15) is 0 Å². The SMILES string of the molecule is NC(N)=NCC(CCN1CCOCC1)(CCN1CCOCC1)c1cccc2ccccc12.O=[N+]([O-])O. The van der Waals surface area contributed by atoms with Gasteiger partial charge in [0.25, 0.3) is 5.09 Å². The van der Waals surface area contributed by atoms with Crippen LogP contribution in [0.25, 0.3) is 10.8 Å². The molecule has 5 N–H and O–H groups in total. The summed E-state index contributed by atoms with van der Waals surface area (Å²) in [6.45, 7) is 9.78. The third kappa shape index (κ3) is 8.30. The first kappa shape index (κ1) is 27.6. The molecule has 2 fully saturated rings. The van der Waals surface area contributed by atoms with E-state index in [-0.39, 0.29) is 11.4 Å². The van der Waals surface area contributed by atoms with E-state index in [1.807, 2.05) is 0 Å². The molecule has 0 atom stereocenters. The van der Waals surface area contributed by atoms with Crippen LogP contribution in [-0.2, 0) is 14.9 Å². The van der Waals surface area contributed by atoms with E-state index in [1.54, 1.807) is 0 Å². The minimum atomic E-state index is -1.50.